The molecule has 0 aliphatic carbocycles. The summed E-state index contributed by atoms with van der Waals surface area (Å²) in [7, 11) is 0. The zero-order valence-corrected chi connectivity index (χ0v) is 8.15. The predicted molar refractivity (Wildman–Crippen MR) is 52.7 cm³/mol. The molecule has 4 heteroatoms. The third-order valence-electron chi connectivity index (χ3n) is 2.38. The van der Waals surface area contributed by atoms with Gasteiger partial charge in [0.1, 0.15) is 6.33 Å². The van der Waals surface area contributed by atoms with Crippen LogP contribution in [0.2, 0.25) is 0 Å². The zero-order valence-electron chi connectivity index (χ0n) is 8.15. The molecular weight excluding hydrogens is 178 g/mol. The minimum Gasteiger partial charge on any atom is -0.380 e. The Labute approximate surface area is 83.7 Å². The molecule has 0 amide bonds. The van der Waals surface area contributed by atoms with Crippen molar-refractivity contribution in [3.8, 4) is 0 Å². The average Bonchev–Trinajstić information content (AvgIpc) is 2.29. The first-order valence-electron chi connectivity index (χ1n) is 5.01. The molecule has 1 aromatic rings. The summed E-state index contributed by atoms with van der Waals surface area (Å²) in [6.07, 6.45) is 5.70. The van der Waals surface area contributed by atoms with Crippen molar-refractivity contribution in [3.63, 3.8) is 0 Å². The SMILES string of the molecule is c1cc(CNC2CCCOC2)ncn1. The van der Waals surface area contributed by atoms with Crippen molar-refractivity contribution in [2.45, 2.75) is 25.4 Å². The van der Waals surface area contributed by atoms with E-state index in [0.717, 1.165) is 31.9 Å². The van der Waals surface area contributed by atoms with Crippen molar-refractivity contribution in [3.05, 3.63) is 24.3 Å². The molecule has 14 heavy (non-hydrogen) atoms. The van der Waals surface area contributed by atoms with Gasteiger partial charge in [0.05, 0.1) is 12.3 Å². The van der Waals surface area contributed by atoms with Gasteiger partial charge in [-0.15, -0.1) is 0 Å². The fraction of sp³-hybridized carbons (Fsp3) is 0.600. The van der Waals surface area contributed by atoms with E-state index in [-0.39, 0.29) is 0 Å². The molecule has 1 fully saturated rings. The maximum Gasteiger partial charge on any atom is 0.115 e. The van der Waals surface area contributed by atoms with E-state index in [1.165, 1.54) is 6.42 Å². The molecule has 1 N–H and O–H groups in total. The fourth-order valence-electron chi connectivity index (χ4n) is 1.57. The van der Waals surface area contributed by atoms with Crippen molar-refractivity contribution in [1.82, 2.24) is 15.3 Å². The summed E-state index contributed by atoms with van der Waals surface area (Å²) in [6, 6.07) is 2.41. The highest BCUT2D eigenvalue weighted by atomic mass is 16.5. The van der Waals surface area contributed by atoms with Crippen LogP contribution in [0.25, 0.3) is 0 Å². The Morgan fingerprint density at radius 3 is 3.29 bits per heavy atom. The molecule has 0 bridgehead atoms. The van der Waals surface area contributed by atoms with E-state index < -0.39 is 0 Å². The van der Waals surface area contributed by atoms with Gasteiger partial charge < -0.3 is 10.1 Å². The van der Waals surface area contributed by atoms with Gasteiger partial charge >= 0.3 is 0 Å². The topological polar surface area (TPSA) is 47.0 Å². The average molecular weight is 193 g/mol. The molecule has 76 valence electrons. The minimum atomic E-state index is 0.485. The third-order valence-corrected chi connectivity index (χ3v) is 2.38. The number of ether oxygens (including phenoxy) is 1. The van der Waals surface area contributed by atoms with Crippen LogP contribution in [0, 0.1) is 0 Å². The highest BCUT2D eigenvalue weighted by Crippen LogP contribution is 2.06. The molecule has 0 aromatic carbocycles. The summed E-state index contributed by atoms with van der Waals surface area (Å²) in [5.74, 6) is 0. The van der Waals surface area contributed by atoms with Crippen LogP contribution in [0.4, 0.5) is 0 Å². The maximum absolute atomic E-state index is 5.38. The number of rotatable bonds is 3. The number of hydrogen-bond acceptors (Lipinski definition) is 4. The molecule has 1 atom stereocenters. The van der Waals surface area contributed by atoms with Crippen LogP contribution in [0.1, 0.15) is 18.5 Å². The van der Waals surface area contributed by atoms with Crippen LogP contribution in [0.15, 0.2) is 18.6 Å². The van der Waals surface area contributed by atoms with E-state index in [4.69, 9.17) is 4.74 Å². The van der Waals surface area contributed by atoms with Gasteiger partial charge in [0.2, 0.25) is 0 Å². The summed E-state index contributed by atoms with van der Waals surface area (Å²) in [4.78, 5) is 8.03. The van der Waals surface area contributed by atoms with E-state index in [9.17, 15) is 0 Å². The van der Waals surface area contributed by atoms with E-state index in [1.807, 2.05) is 6.07 Å². The smallest absolute Gasteiger partial charge is 0.115 e. The molecular formula is C10H15N3O. The first-order valence-corrected chi connectivity index (χ1v) is 5.01. The standard InChI is InChI=1S/C10H15N3O/c1-2-10(7-14-5-1)12-6-9-3-4-11-8-13-9/h3-4,8,10,12H,1-2,5-7H2. The molecule has 1 aromatic heterocycles. The molecule has 0 spiro atoms. The third kappa shape index (κ3) is 2.75. The number of hydrogen-bond donors (Lipinski definition) is 1. The number of nitrogens with zero attached hydrogens (tertiary/aromatic N) is 2. The second-order valence-electron chi connectivity index (χ2n) is 3.50. The second-order valence-corrected chi connectivity index (χ2v) is 3.50. The normalized spacial score (nSPS) is 22.1. The second kappa shape index (κ2) is 5.02. The van der Waals surface area contributed by atoms with Crippen LogP contribution >= 0.6 is 0 Å². The van der Waals surface area contributed by atoms with Crippen molar-refractivity contribution in [2.24, 2.45) is 0 Å². The molecule has 1 aliphatic rings. The lowest BCUT2D eigenvalue weighted by molar-refractivity contribution is 0.0698. The van der Waals surface area contributed by atoms with Gasteiger partial charge in [-0.05, 0) is 18.9 Å². The number of aromatic nitrogens is 2. The molecule has 2 rings (SSSR count). The monoisotopic (exact) mass is 193 g/mol. The quantitative estimate of drug-likeness (QED) is 0.769. The van der Waals surface area contributed by atoms with E-state index >= 15 is 0 Å². The lowest BCUT2D eigenvalue weighted by atomic mass is 10.1. The summed E-state index contributed by atoms with van der Waals surface area (Å²) >= 11 is 0. The number of nitrogens with one attached hydrogen (secondary N) is 1. The maximum atomic E-state index is 5.38. The van der Waals surface area contributed by atoms with Crippen LogP contribution < -0.4 is 5.32 Å². The molecule has 0 radical (unpaired) electrons. The van der Waals surface area contributed by atoms with Gasteiger partial charge in [-0.25, -0.2) is 9.97 Å². The highest BCUT2D eigenvalue weighted by molar-refractivity contribution is 4.97. The van der Waals surface area contributed by atoms with E-state index in [1.54, 1.807) is 12.5 Å². The van der Waals surface area contributed by atoms with Crippen molar-refractivity contribution < 1.29 is 4.74 Å². The summed E-state index contributed by atoms with van der Waals surface area (Å²) in [5, 5.41) is 3.42. The van der Waals surface area contributed by atoms with Crippen LogP contribution in [-0.2, 0) is 11.3 Å². The van der Waals surface area contributed by atoms with Crippen molar-refractivity contribution >= 4 is 0 Å². The highest BCUT2D eigenvalue weighted by Gasteiger charge is 2.12. The van der Waals surface area contributed by atoms with E-state index in [2.05, 4.69) is 15.3 Å². The lowest BCUT2D eigenvalue weighted by Gasteiger charge is -2.22. The Bertz CT molecular complexity index is 259. The Hall–Kier alpha value is -1.00. The van der Waals surface area contributed by atoms with Gasteiger partial charge in [0.25, 0.3) is 0 Å². The Kier molecular flexibility index (Phi) is 3.43. The first kappa shape index (κ1) is 9.55. The van der Waals surface area contributed by atoms with Crippen molar-refractivity contribution in [2.75, 3.05) is 13.2 Å². The molecule has 1 unspecified atom stereocenters. The molecule has 4 nitrogen and oxygen atoms in total. The Balaban J connectivity index is 1.76. The van der Waals surface area contributed by atoms with Crippen LogP contribution in [0.3, 0.4) is 0 Å². The van der Waals surface area contributed by atoms with Crippen LogP contribution in [0.5, 0.6) is 0 Å². The summed E-state index contributed by atoms with van der Waals surface area (Å²) in [5.41, 5.74) is 1.03. The zero-order chi connectivity index (χ0) is 9.64. The Morgan fingerprint density at radius 1 is 1.57 bits per heavy atom. The van der Waals surface area contributed by atoms with Crippen molar-refractivity contribution in [1.29, 1.82) is 0 Å². The van der Waals surface area contributed by atoms with E-state index in [0.29, 0.717) is 6.04 Å². The van der Waals surface area contributed by atoms with Gasteiger partial charge in [0.15, 0.2) is 0 Å². The summed E-state index contributed by atoms with van der Waals surface area (Å²) in [6.45, 7) is 2.54. The Morgan fingerprint density at radius 2 is 2.57 bits per heavy atom. The van der Waals surface area contributed by atoms with Crippen LogP contribution in [-0.4, -0.2) is 29.2 Å². The van der Waals surface area contributed by atoms with Gasteiger partial charge in [-0.3, -0.25) is 0 Å². The van der Waals surface area contributed by atoms with Gasteiger partial charge in [-0.2, -0.15) is 0 Å². The molecule has 2 heterocycles. The van der Waals surface area contributed by atoms with Gasteiger partial charge in [-0.1, -0.05) is 0 Å². The minimum absolute atomic E-state index is 0.485. The molecule has 0 saturated carbocycles. The molecule has 1 aliphatic heterocycles. The summed E-state index contributed by atoms with van der Waals surface area (Å²) < 4.78 is 5.38. The lowest BCUT2D eigenvalue weighted by Crippen LogP contribution is -2.36. The largest absolute Gasteiger partial charge is 0.380 e. The first-order chi connectivity index (χ1) is 6.95. The fourth-order valence-corrected chi connectivity index (χ4v) is 1.57. The van der Waals surface area contributed by atoms with Gasteiger partial charge in [0, 0.05) is 25.4 Å². The molecule has 1 saturated heterocycles. The predicted octanol–water partition coefficient (Wildman–Crippen LogP) is 0.745.